The average molecular weight is 420 g/mol. The summed E-state index contributed by atoms with van der Waals surface area (Å²) in [6.07, 6.45) is 5.34. The van der Waals surface area contributed by atoms with Gasteiger partial charge >= 0.3 is 0 Å². The molecule has 3 N–H and O–H groups in total. The molecule has 1 aliphatic rings. The maximum absolute atomic E-state index is 8.98. The van der Waals surface area contributed by atoms with Crippen LogP contribution in [0.1, 0.15) is 45.2 Å². The van der Waals surface area contributed by atoms with Crippen LogP contribution in [0, 0.1) is 18.3 Å². The van der Waals surface area contributed by atoms with Crippen LogP contribution in [0.15, 0.2) is 24.4 Å². The van der Waals surface area contributed by atoms with Crippen molar-refractivity contribution < 1.29 is 0 Å². The molecule has 0 aliphatic carbocycles. The molecule has 1 aliphatic heterocycles. The predicted octanol–water partition coefficient (Wildman–Crippen LogP) is 3.76. The summed E-state index contributed by atoms with van der Waals surface area (Å²) in [5.41, 5.74) is 1.61. The zero-order valence-electron chi connectivity index (χ0n) is 18.3. The number of rotatable bonds is 7. The van der Waals surface area contributed by atoms with Crippen molar-refractivity contribution in [2.75, 3.05) is 17.2 Å². The summed E-state index contributed by atoms with van der Waals surface area (Å²) in [5, 5.41) is 23.9. The molecule has 0 aromatic carbocycles. The number of aryl methyl sites for hydroxylation is 1. The average Bonchev–Trinajstić information content (AvgIpc) is 3.17. The van der Waals surface area contributed by atoms with Gasteiger partial charge in [-0.25, -0.2) is 4.98 Å². The molecule has 1 fully saturated rings. The summed E-state index contributed by atoms with van der Waals surface area (Å²) < 4.78 is 0. The van der Waals surface area contributed by atoms with Crippen LogP contribution in [0.5, 0.6) is 0 Å². The van der Waals surface area contributed by atoms with Crippen molar-refractivity contribution in [1.29, 1.82) is 5.26 Å². The topological polar surface area (TPSA) is 118 Å². The number of piperidine rings is 1. The van der Waals surface area contributed by atoms with Gasteiger partial charge in [-0.2, -0.15) is 20.3 Å². The second-order valence-corrected chi connectivity index (χ2v) is 8.20. The van der Waals surface area contributed by atoms with Gasteiger partial charge in [0, 0.05) is 49.0 Å². The number of aromatic nitrogens is 5. The van der Waals surface area contributed by atoms with E-state index in [4.69, 9.17) is 10.2 Å². The first-order valence-electron chi connectivity index (χ1n) is 10.9. The smallest absolute Gasteiger partial charge is 0.226 e. The van der Waals surface area contributed by atoms with Gasteiger partial charge < -0.3 is 10.6 Å². The van der Waals surface area contributed by atoms with Crippen LogP contribution in [-0.2, 0) is 0 Å². The quantitative estimate of drug-likeness (QED) is 0.530. The molecular weight excluding hydrogens is 390 g/mol. The number of fused-ring (bicyclic) bond motifs is 1. The van der Waals surface area contributed by atoms with Crippen LogP contribution in [-0.4, -0.2) is 54.7 Å². The van der Waals surface area contributed by atoms with Gasteiger partial charge in [-0.05, 0) is 45.2 Å². The van der Waals surface area contributed by atoms with Crippen molar-refractivity contribution in [3.63, 3.8) is 0 Å². The number of anilines is 3. The first-order valence-corrected chi connectivity index (χ1v) is 10.9. The molecule has 0 amide bonds. The van der Waals surface area contributed by atoms with E-state index in [1.807, 2.05) is 25.1 Å². The van der Waals surface area contributed by atoms with E-state index in [0.29, 0.717) is 41.7 Å². The van der Waals surface area contributed by atoms with Crippen molar-refractivity contribution in [3.05, 3.63) is 30.1 Å². The highest BCUT2D eigenvalue weighted by atomic mass is 15.2. The lowest BCUT2D eigenvalue weighted by molar-refractivity contribution is 0.0858. The Morgan fingerprint density at radius 2 is 2.19 bits per heavy atom. The van der Waals surface area contributed by atoms with E-state index in [-0.39, 0.29) is 6.04 Å². The fourth-order valence-electron chi connectivity index (χ4n) is 4.48. The van der Waals surface area contributed by atoms with E-state index >= 15 is 0 Å². The second-order valence-electron chi connectivity index (χ2n) is 8.20. The molecule has 162 valence electrons. The van der Waals surface area contributed by atoms with Gasteiger partial charge in [0.1, 0.15) is 5.82 Å². The zero-order valence-corrected chi connectivity index (χ0v) is 18.3. The number of H-pyrrole nitrogens is 1. The van der Waals surface area contributed by atoms with Crippen molar-refractivity contribution in [3.8, 4) is 6.07 Å². The maximum atomic E-state index is 8.98. The summed E-state index contributed by atoms with van der Waals surface area (Å²) in [5.74, 6) is 1.95. The third-order valence-electron chi connectivity index (χ3n) is 5.93. The Morgan fingerprint density at radius 3 is 2.94 bits per heavy atom. The molecule has 9 nitrogen and oxygen atoms in total. The number of hydrogen-bond donors (Lipinski definition) is 3. The molecular formula is C22H29N9. The molecule has 3 aromatic rings. The van der Waals surface area contributed by atoms with Gasteiger partial charge in [0.25, 0.3) is 0 Å². The molecule has 3 unspecified atom stereocenters. The minimum atomic E-state index is 0.264. The Balaban J connectivity index is 1.56. The number of likely N-dealkylation sites (tertiary alicyclic amines) is 1. The van der Waals surface area contributed by atoms with Crippen LogP contribution >= 0.6 is 0 Å². The van der Waals surface area contributed by atoms with E-state index in [0.717, 1.165) is 36.9 Å². The molecule has 1 saturated heterocycles. The molecule has 31 heavy (non-hydrogen) atoms. The van der Waals surface area contributed by atoms with Crippen molar-refractivity contribution in [1.82, 2.24) is 30.0 Å². The lowest BCUT2D eigenvalue weighted by atomic mass is 9.90. The number of hydrogen-bond acceptors (Lipinski definition) is 8. The number of nitriles is 1. The van der Waals surface area contributed by atoms with Crippen molar-refractivity contribution >= 4 is 28.6 Å². The minimum Gasteiger partial charge on any atom is -0.351 e. The summed E-state index contributed by atoms with van der Waals surface area (Å²) in [6, 6.07) is 9.15. The van der Waals surface area contributed by atoms with E-state index in [1.165, 1.54) is 0 Å². The zero-order chi connectivity index (χ0) is 21.8. The number of nitrogens with one attached hydrogen (secondary N) is 3. The third kappa shape index (κ3) is 4.75. The van der Waals surface area contributed by atoms with E-state index in [2.05, 4.69) is 55.6 Å². The monoisotopic (exact) mass is 419 g/mol. The van der Waals surface area contributed by atoms with Gasteiger partial charge in [0.15, 0.2) is 11.5 Å². The predicted molar refractivity (Wildman–Crippen MR) is 121 cm³/mol. The highest BCUT2D eigenvalue weighted by Gasteiger charge is 2.32. The molecule has 0 spiro atoms. The Morgan fingerprint density at radius 1 is 1.32 bits per heavy atom. The van der Waals surface area contributed by atoms with Gasteiger partial charge in [-0.3, -0.25) is 10.00 Å². The Labute approximate surface area is 182 Å². The van der Waals surface area contributed by atoms with E-state index in [9.17, 15) is 0 Å². The van der Waals surface area contributed by atoms with Crippen LogP contribution in [0.2, 0.25) is 0 Å². The van der Waals surface area contributed by atoms with Crippen molar-refractivity contribution in [2.24, 2.45) is 0 Å². The van der Waals surface area contributed by atoms with Gasteiger partial charge in [0.05, 0.1) is 11.5 Å². The standard InChI is InChI=1S/C22H29N9/c1-4-17-13-16(12-15(3)31(17)10-6-8-23)25-22-27-20-18(7-5-9-24-20)21(28-22)26-19-11-14(2)29-30-19/h5,7,9,11,15-17H,4,6,10,12-13H2,1-3H3,(H3,24,25,26,27,28,29,30). The molecule has 4 rings (SSSR count). The summed E-state index contributed by atoms with van der Waals surface area (Å²) in [6.45, 7) is 7.24. The van der Waals surface area contributed by atoms with Crippen LogP contribution in [0.4, 0.5) is 17.6 Å². The number of aromatic amines is 1. The summed E-state index contributed by atoms with van der Waals surface area (Å²) in [4.78, 5) is 16.3. The maximum Gasteiger partial charge on any atom is 0.226 e. The van der Waals surface area contributed by atoms with Crippen LogP contribution in [0.3, 0.4) is 0 Å². The SMILES string of the molecule is CCC1CC(Nc2nc(Nc3cc(C)[nH]n3)c3cccnc3n2)CC(C)N1CCC#N. The van der Waals surface area contributed by atoms with Gasteiger partial charge in [-0.1, -0.05) is 6.92 Å². The molecule has 3 atom stereocenters. The lowest BCUT2D eigenvalue weighted by Crippen LogP contribution is -2.51. The Hall–Kier alpha value is -3.25. The van der Waals surface area contributed by atoms with E-state index < -0.39 is 0 Å². The molecule has 3 aromatic heterocycles. The third-order valence-corrected chi connectivity index (χ3v) is 5.93. The fourth-order valence-corrected chi connectivity index (χ4v) is 4.48. The van der Waals surface area contributed by atoms with E-state index in [1.54, 1.807) is 6.20 Å². The first-order chi connectivity index (χ1) is 15.1. The largest absolute Gasteiger partial charge is 0.351 e. The second kappa shape index (κ2) is 9.27. The van der Waals surface area contributed by atoms with Gasteiger partial charge in [-0.15, -0.1) is 0 Å². The summed E-state index contributed by atoms with van der Waals surface area (Å²) in [7, 11) is 0. The number of nitrogens with zero attached hydrogens (tertiary/aromatic N) is 6. The molecule has 9 heteroatoms. The Kier molecular flexibility index (Phi) is 6.28. The molecule has 4 heterocycles. The summed E-state index contributed by atoms with van der Waals surface area (Å²) >= 11 is 0. The molecule has 0 radical (unpaired) electrons. The van der Waals surface area contributed by atoms with Crippen LogP contribution < -0.4 is 10.6 Å². The fraction of sp³-hybridized carbons (Fsp3) is 0.500. The molecule has 0 bridgehead atoms. The van der Waals surface area contributed by atoms with Gasteiger partial charge in [0.2, 0.25) is 5.95 Å². The van der Waals surface area contributed by atoms with Crippen LogP contribution in [0.25, 0.3) is 11.0 Å². The highest BCUT2D eigenvalue weighted by Crippen LogP contribution is 2.29. The minimum absolute atomic E-state index is 0.264. The highest BCUT2D eigenvalue weighted by molar-refractivity contribution is 5.89. The molecule has 0 saturated carbocycles. The number of pyridine rings is 1. The lowest BCUT2D eigenvalue weighted by Gasteiger charge is -2.43. The normalized spacial score (nSPS) is 21.7. The Bertz CT molecular complexity index is 1070. The van der Waals surface area contributed by atoms with Crippen molar-refractivity contribution in [2.45, 2.75) is 64.6 Å². The first kappa shape index (κ1) is 21.0.